The molecule has 2 aliphatic heterocycles. The van der Waals surface area contributed by atoms with Gasteiger partial charge in [0.1, 0.15) is 10.6 Å². The number of thiophene rings is 1. The topological polar surface area (TPSA) is 84.7 Å². The van der Waals surface area contributed by atoms with Gasteiger partial charge in [-0.3, -0.25) is 19.0 Å². The molecule has 1 aromatic carbocycles. The number of benzene rings is 1. The lowest BCUT2D eigenvalue weighted by atomic mass is 10.1. The van der Waals surface area contributed by atoms with Crippen LogP contribution in [0.3, 0.4) is 0 Å². The SMILES string of the molecule is O=C1CCCN1CCCn1cnc2sc3c(c2c1=O)CCN(C(=O)COc1ccccc1)C3. The second-order valence-electron chi connectivity index (χ2n) is 8.43. The van der Waals surface area contributed by atoms with E-state index in [1.54, 1.807) is 15.8 Å². The van der Waals surface area contributed by atoms with Crippen molar-refractivity contribution >= 4 is 33.4 Å². The van der Waals surface area contributed by atoms with Gasteiger partial charge in [-0.25, -0.2) is 4.98 Å². The molecule has 3 aromatic rings. The summed E-state index contributed by atoms with van der Waals surface area (Å²) in [5, 5.41) is 0.683. The summed E-state index contributed by atoms with van der Waals surface area (Å²) in [6.07, 6.45) is 4.52. The third-order valence-corrected chi connectivity index (χ3v) is 7.41. The van der Waals surface area contributed by atoms with E-state index in [4.69, 9.17) is 4.74 Å². The summed E-state index contributed by atoms with van der Waals surface area (Å²) in [5.74, 6) is 0.809. The van der Waals surface area contributed by atoms with Crippen molar-refractivity contribution in [2.45, 2.75) is 38.8 Å². The van der Waals surface area contributed by atoms with Crippen molar-refractivity contribution in [1.29, 1.82) is 0 Å². The van der Waals surface area contributed by atoms with Crippen LogP contribution >= 0.6 is 11.3 Å². The summed E-state index contributed by atoms with van der Waals surface area (Å²) in [6.45, 7) is 3.05. The Kier molecular flexibility index (Phi) is 6.13. The molecule has 1 saturated heterocycles. The fraction of sp³-hybridized carbons (Fsp3) is 0.417. The van der Waals surface area contributed by atoms with Gasteiger partial charge in [-0.05, 0) is 37.0 Å². The van der Waals surface area contributed by atoms with Crippen molar-refractivity contribution in [2.24, 2.45) is 0 Å². The summed E-state index contributed by atoms with van der Waals surface area (Å²) in [5.41, 5.74) is 0.988. The zero-order chi connectivity index (χ0) is 22.8. The van der Waals surface area contributed by atoms with E-state index >= 15 is 0 Å². The van der Waals surface area contributed by atoms with Crippen LogP contribution in [0.4, 0.5) is 0 Å². The fourth-order valence-electron chi connectivity index (χ4n) is 4.52. The van der Waals surface area contributed by atoms with Crippen LogP contribution in [-0.2, 0) is 29.1 Å². The normalized spacial score (nSPS) is 15.8. The lowest BCUT2D eigenvalue weighted by molar-refractivity contribution is -0.134. The van der Waals surface area contributed by atoms with Gasteiger partial charge in [0.15, 0.2) is 6.61 Å². The fourth-order valence-corrected chi connectivity index (χ4v) is 5.71. The second-order valence-corrected chi connectivity index (χ2v) is 9.52. The quantitative estimate of drug-likeness (QED) is 0.534. The Morgan fingerprint density at radius 1 is 1.09 bits per heavy atom. The molecule has 0 aliphatic carbocycles. The van der Waals surface area contributed by atoms with Crippen molar-refractivity contribution in [1.82, 2.24) is 19.4 Å². The summed E-state index contributed by atoms with van der Waals surface area (Å²) in [4.78, 5) is 47.6. The Morgan fingerprint density at radius 2 is 1.94 bits per heavy atom. The zero-order valence-electron chi connectivity index (χ0n) is 18.4. The van der Waals surface area contributed by atoms with Crippen LogP contribution in [0.1, 0.15) is 29.7 Å². The van der Waals surface area contributed by atoms with Gasteiger partial charge in [0.05, 0.1) is 18.3 Å². The molecule has 0 N–H and O–H groups in total. The lowest BCUT2D eigenvalue weighted by Crippen LogP contribution is -2.38. The van der Waals surface area contributed by atoms with Crippen molar-refractivity contribution in [3.63, 3.8) is 0 Å². The number of aryl methyl sites for hydroxylation is 1. The molecule has 4 heterocycles. The molecule has 8 nitrogen and oxygen atoms in total. The van der Waals surface area contributed by atoms with Crippen LogP contribution in [0.15, 0.2) is 41.5 Å². The summed E-state index contributed by atoms with van der Waals surface area (Å²) >= 11 is 1.49. The first-order valence-corrected chi connectivity index (χ1v) is 12.1. The molecule has 0 spiro atoms. The molecule has 0 atom stereocenters. The number of likely N-dealkylation sites (tertiary alicyclic amines) is 1. The van der Waals surface area contributed by atoms with E-state index in [0.29, 0.717) is 50.2 Å². The monoisotopic (exact) mass is 466 g/mol. The summed E-state index contributed by atoms with van der Waals surface area (Å²) in [7, 11) is 0. The average molecular weight is 467 g/mol. The first-order chi connectivity index (χ1) is 16.1. The third-order valence-electron chi connectivity index (χ3n) is 6.28. The number of rotatable bonds is 7. The Hall–Kier alpha value is -3.20. The molecule has 2 aromatic heterocycles. The molecule has 5 rings (SSSR count). The zero-order valence-corrected chi connectivity index (χ0v) is 19.2. The van der Waals surface area contributed by atoms with Gasteiger partial charge in [0.2, 0.25) is 5.91 Å². The van der Waals surface area contributed by atoms with Gasteiger partial charge in [0, 0.05) is 37.5 Å². The number of aromatic nitrogens is 2. The first-order valence-electron chi connectivity index (χ1n) is 11.3. The Balaban J connectivity index is 1.26. The lowest BCUT2D eigenvalue weighted by Gasteiger charge is -2.27. The Morgan fingerprint density at radius 3 is 2.73 bits per heavy atom. The number of para-hydroxylation sites is 1. The van der Waals surface area contributed by atoms with Crippen molar-refractivity contribution in [3.05, 3.63) is 57.5 Å². The van der Waals surface area contributed by atoms with Gasteiger partial charge in [-0.2, -0.15) is 0 Å². The first kappa shape index (κ1) is 21.6. The number of amides is 2. The molecule has 0 radical (unpaired) electrons. The highest BCUT2D eigenvalue weighted by atomic mass is 32.1. The molecule has 33 heavy (non-hydrogen) atoms. The van der Waals surface area contributed by atoms with E-state index in [2.05, 4.69) is 4.98 Å². The number of nitrogens with zero attached hydrogens (tertiary/aromatic N) is 4. The minimum atomic E-state index is -0.0659. The number of ether oxygens (including phenoxy) is 1. The predicted molar refractivity (Wildman–Crippen MR) is 125 cm³/mol. The molecule has 0 bridgehead atoms. The molecular weight excluding hydrogens is 440 g/mol. The molecule has 9 heteroatoms. The molecular formula is C24H26N4O4S. The van der Waals surface area contributed by atoms with Gasteiger partial charge in [-0.1, -0.05) is 18.2 Å². The number of carbonyl (C=O) groups excluding carboxylic acids is 2. The van der Waals surface area contributed by atoms with Crippen molar-refractivity contribution < 1.29 is 14.3 Å². The molecule has 2 aliphatic rings. The maximum atomic E-state index is 13.2. The van der Waals surface area contributed by atoms with Crippen LogP contribution in [0.25, 0.3) is 10.2 Å². The maximum absolute atomic E-state index is 13.2. The van der Waals surface area contributed by atoms with Crippen molar-refractivity contribution in [2.75, 3.05) is 26.2 Å². The van der Waals surface area contributed by atoms with E-state index in [-0.39, 0.29) is 24.0 Å². The second kappa shape index (κ2) is 9.35. The highest BCUT2D eigenvalue weighted by Gasteiger charge is 2.27. The van der Waals surface area contributed by atoms with Crippen LogP contribution in [0.2, 0.25) is 0 Å². The molecule has 172 valence electrons. The highest BCUT2D eigenvalue weighted by molar-refractivity contribution is 7.18. The van der Waals surface area contributed by atoms with E-state index in [1.165, 1.54) is 11.3 Å². The average Bonchev–Trinajstić information content (AvgIpc) is 3.42. The van der Waals surface area contributed by atoms with E-state index in [1.807, 2.05) is 35.2 Å². The smallest absolute Gasteiger partial charge is 0.262 e. The van der Waals surface area contributed by atoms with E-state index in [0.717, 1.165) is 34.7 Å². The predicted octanol–water partition coefficient (Wildman–Crippen LogP) is 2.43. The Labute approximate surface area is 195 Å². The standard InChI is InChI=1S/C24H26N4O4S/c29-20-8-4-10-26(20)11-5-12-28-16-25-23-22(24(28)31)18-9-13-27(14-19(18)33-23)21(30)15-32-17-6-2-1-3-7-17/h1-3,6-7,16H,4-5,8-15H2. The van der Waals surface area contributed by atoms with Crippen LogP contribution in [0, 0.1) is 0 Å². The van der Waals surface area contributed by atoms with Gasteiger partial charge < -0.3 is 14.5 Å². The summed E-state index contributed by atoms with van der Waals surface area (Å²) in [6, 6.07) is 9.30. The van der Waals surface area contributed by atoms with Crippen LogP contribution < -0.4 is 10.3 Å². The minimum Gasteiger partial charge on any atom is -0.484 e. The van der Waals surface area contributed by atoms with Gasteiger partial charge in [0.25, 0.3) is 11.5 Å². The number of fused-ring (bicyclic) bond motifs is 3. The molecule has 1 fully saturated rings. The number of hydrogen-bond donors (Lipinski definition) is 0. The van der Waals surface area contributed by atoms with Gasteiger partial charge in [-0.15, -0.1) is 11.3 Å². The highest BCUT2D eigenvalue weighted by Crippen LogP contribution is 2.32. The summed E-state index contributed by atoms with van der Waals surface area (Å²) < 4.78 is 7.26. The maximum Gasteiger partial charge on any atom is 0.262 e. The number of carbonyl (C=O) groups is 2. The third kappa shape index (κ3) is 4.50. The number of hydrogen-bond acceptors (Lipinski definition) is 6. The van der Waals surface area contributed by atoms with Crippen LogP contribution in [0.5, 0.6) is 5.75 Å². The molecule has 0 unspecified atom stereocenters. The van der Waals surface area contributed by atoms with E-state index < -0.39 is 0 Å². The van der Waals surface area contributed by atoms with Crippen molar-refractivity contribution in [3.8, 4) is 5.75 Å². The molecule has 2 amide bonds. The van der Waals surface area contributed by atoms with Gasteiger partial charge >= 0.3 is 0 Å². The minimum absolute atomic E-state index is 0.00514. The largest absolute Gasteiger partial charge is 0.484 e. The molecule has 0 saturated carbocycles. The van der Waals surface area contributed by atoms with E-state index in [9.17, 15) is 14.4 Å². The Bertz CT molecular complexity index is 1240. The van der Waals surface area contributed by atoms with Crippen LogP contribution in [-0.4, -0.2) is 57.4 Å².